The number of pyridine rings is 1. The largest absolute Gasteiger partial charge is 0.462 e. The number of carbonyl (C=O) groups is 1. The predicted octanol–water partition coefficient (Wildman–Crippen LogP) is 5.37. The molecule has 0 aliphatic heterocycles. The molecular formula is C24H21NO2. The summed E-state index contributed by atoms with van der Waals surface area (Å²) < 4.78 is 7.52. The molecule has 4 aromatic rings. The van der Waals surface area contributed by atoms with Gasteiger partial charge in [-0.3, -0.25) is 0 Å². The van der Waals surface area contributed by atoms with Gasteiger partial charge in [-0.2, -0.15) is 0 Å². The molecule has 27 heavy (non-hydrogen) atoms. The van der Waals surface area contributed by atoms with E-state index in [2.05, 4.69) is 16.5 Å². The molecule has 0 spiro atoms. The van der Waals surface area contributed by atoms with Gasteiger partial charge in [-0.05, 0) is 30.2 Å². The van der Waals surface area contributed by atoms with E-state index in [9.17, 15) is 4.79 Å². The Labute approximate surface area is 158 Å². The van der Waals surface area contributed by atoms with E-state index in [4.69, 9.17) is 4.74 Å². The topological polar surface area (TPSA) is 30.7 Å². The molecule has 2 heterocycles. The number of esters is 1. The summed E-state index contributed by atoms with van der Waals surface area (Å²) in [5, 5.41) is 0. The number of carbonyl (C=O) groups excluding carboxylic acids is 1. The highest BCUT2D eigenvalue weighted by Crippen LogP contribution is 2.35. The summed E-state index contributed by atoms with van der Waals surface area (Å²) in [5.74, 6) is -0.278. The van der Waals surface area contributed by atoms with E-state index in [1.54, 1.807) is 0 Å². The average Bonchev–Trinajstić information content (AvgIpc) is 3.04. The first-order valence-corrected chi connectivity index (χ1v) is 9.18. The van der Waals surface area contributed by atoms with Crippen molar-refractivity contribution in [2.45, 2.75) is 13.3 Å². The summed E-state index contributed by atoms with van der Waals surface area (Å²) in [7, 11) is 0. The molecule has 0 aliphatic carbocycles. The lowest BCUT2D eigenvalue weighted by Crippen LogP contribution is -2.06. The lowest BCUT2D eigenvalue weighted by molar-refractivity contribution is 0.0529. The van der Waals surface area contributed by atoms with Crippen LogP contribution in [0.2, 0.25) is 0 Å². The standard InChI is InChI=1S/C24H21NO2/c1-2-27-24(26)23-20-15-9-10-16-25(20)21(17-18-11-5-3-6-12-18)22(23)19-13-7-4-8-14-19/h3-16H,2,17H2,1H3. The smallest absolute Gasteiger partial charge is 0.340 e. The van der Waals surface area contributed by atoms with Crippen LogP contribution in [-0.2, 0) is 11.2 Å². The van der Waals surface area contributed by atoms with Gasteiger partial charge in [0.25, 0.3) is 0 Å². The van der Waals surface area contributed by atoms with Crippen molar-refractivity contribution in [3.63, 3.8) is 0 Å². The number of fused-ring (bicyclic) bond motifs is 1. The van der Waals surface area contributed by atoms with Crippen LogP contribution in [0.4, 0.5) is 0 Å². The molecule has 2 aromatic heterocycles. The number of ether oxygens (including phenoxy) is 1. The molecule has 0 amide bonds. The van der Waals surface area contributed by atoms with Gasteiger partial charge in [-0.25, -0.2) is 4.79 Å². The van der Waals surface area contributed by atoms with Crippen molar-refractivity contribution in [1.82, 2.24) is 4.40 Å². The van der Waals surface area contributed by atoms with Gasteiger partial charge in [0.2, 0.25) is 0 Å². The summed E-state index contributed by atoms with van der Waals surface area (Å²) in [6.45, 7) is 2.19. The van der Waals surface area contributed by atoms with Crippen LogP contribution in [0.3, 0.4) is 0 Å². The maximum Gasteiger partial charge on any atom is 0.340 e. The Bertz CT molecular complexity index is 1070. The van der Waals surface area contributed by atoms with Gasteiger partial charge in [-0.15, -0.1) is 0 Å². The van der Waals surface area contributed by atoms with Crippen molar-refractivity contribution in [3.8, 4) is 11.1 Å². The van der Waals surface area contributed by atoms with Crippen molar-refractivity contribution in [1.29, 1.82) is 0 Å². The minimum Gasteiger partial charge on any atom is -0.462 e. The van der Waals surface area contributed by atoms with E-state index >= 15 is 0 Å². The zero-order chi connectivity index (χ0) is 18.6. The zero-order valence-electron chi connectivity index (χ0n) is 15.3. The van der Waals surface area contributed by atoms with Crippen LogP contribution in [0, 0.1) is 0 Å². The Morgan fingerprint density at radius 3 is 2.26 bits per heavy atom. The summed E-state index contributed by atoms with van der Waals surface area (Å²) in [4.78, 5) is 12.9. The van der Waals surface area contributed by atoms with Crippen LogP contribution in [0.25, 0.3) is 16.6 Å². The van der Waals surface area contributed by atoms with Crippen molar-refractivity contribution < 1.29 is 9.53 Å². The highest BCUT2D eigenvalue weighted by molar-refractivity contribution is 6.05. The van der Waals surface area contributed by atoms with E-state index < -0.39 is 0 Å². The molecule has 4 rings (SSSR count). The quantitative estimate of drug-likeness (QED) is 0.450. The Balaban J connectivity index is 2.01. The molecule has 3 nitrogen and oxygen atoms in total. The van der Waals surface area contributed by atoms with Gasteiger partial charge in [0.05, 0.1) is 17.7 Å². The minimum absolute atomic E-state index is 0.278. The number of aromatic nitrogens is 1. The minimum atomic E-state index is -0.278. The second kappa shape index (κ2) is 7.50. The molecule has 134 valence electrons. The lowest BCUT2D eigenvalue weighted by atomic mass is 9.97. The molecule has 0 bridgehead atoms. The third-order valence-electron chi connectivity index (χ3n) is 4.70. The molecule has 0 atom stereocenters. The number of hydrogen-bond donors (Lipinski definition) is 0. The number of hydrogen-bond acceptors (Lipinski definition) is 2. The van der Waals surface area contributed by atoms with Crippen LogP contribution in [-0.4, -0.2) is 17.0 Å². The van der Waals surface area contributed by atoms with Gasteiger partial charge in [-0.1, -0.05) is 66.7 Å². The third kappa shape index (κ3) is 3.24. The second-order valence-corrected chi connectivity index (χ2v) is 6.40. The highest BCUT2D eigenvalue weighted by atomic mass is 16.5. The zero-order valence-corrected chi connectivity index (χ0v) is 15.3. The van der Waals surface area contributed by atoms with Crippen molar-refractivity contribution in [2.24, 2.45) is 0 Å². The van der Waals surface area contributed by atoms with Crippen molar-refractivity contribution in [3.05, 3.63) is 102 Å². The number of rotatable bonds is 5. The van der Waals surface area contributed by atoms with Crippen LogP contribution in [0.5, 0.6) is 0 Å². The number of nitrogens with zero attached hydrogens (tertiary/aromatic N) is 1. The van der Waals surface area contributed by atoms with Gasteiger partial charge >= 0.3 is 5.97 Å². The molecule has 0 unspecified atom stereocenters. The first-order valence-electron chi connectivity index (χ1n) is 9.18. The molecule has 0 N–H and O–H groups in total. The number of benzene rings is 2. The van der Waals surface area contributed by atoms with Crippen LogP contribution in [0.15, 0.2) is 85.1 Å². The van der Waals surface area contributed by atoms with Gasteiger partial charge < -0.3 is 9.14 Å². The first kappa shape index (κ1) is 17.1. The highest BCUT2D eigenvalue weighted by Gasteiger charge is 2.25. The maximum atomic E-state index is 12.9. The fourth-order valence-corrected chi connectivity index (χ4v) is 3.56. The van der Waals surface area contributed by atoms with Crippen LogP contribution in [0.1, 0.15) is 28.5 Å². The lowest BCUT2D eigenvalue weighted by Gasteiger charge is -2.09. The van der Waals surface area contributed by atoms with E-state index in [1.165, 1.54) is 5.56 Å². The second-order valence-electron chi connectivity index (χ2n) is 6.40. The molecule has 0 saturated carbocycles. The Hall–Kier alpha value is -3.33. The normalized spacial score (nSPS) is 10.9. The van der Waals surface area contributed by atoms with E-state index in [0.29, 0.717) is 12.2 Å². The van der Waals surface area contributed by atoms with Crippen LogP contribution >= 0.6 is 0 Å². The van der Waals surface area contributed by atoms with Gasteiger partial charge in [0.15, 0.2) is 0 Å². The fraction of sp³-hybridized carbons (Fsp3) is 0.125. The van der Waals surface area contributed by atoms with Crippen molar-refractivity contribution in [2.75, 3.05) is 6.61 Å². The third-order valence-corrected chi connectivity index (χ3v) is 4.70. The first-order chi connectivity index (χ1) is 13.3. The van der Waals surface area contributed by atoms with E-state index in [1.807, 2.05) is 79.9 Å². The van der Waals surface area contributed by atoms with Crippen molar-refractivity contribution >= 4 is 11.5 Å². The molecule has 2 aromatic carbocycles. The van der Waals surface area contributed by atoms with Gasteiger partial charge in [0.1, 0.15) is 0 Å². The maximum absolute atomic E-state index is 12.9. The summed E-state index contributed by atoms with van der Waals surface area (Å²) in [5.41, 5.74) is 5.77. The molecule has 0 fully saturated rings. The molecule has 0 aliphatic rings. The van der Waals surface area contributed by atoms with E-state index in [0.717, 1.165) is 28.8 Å². The summed E-state index contributed by atoms with van der Waals surface area (Å²) >= 11 is 0. The molecule has 0 radical (unpaired) electrons. The Kier molecular flexibility index (Phi) is 4.75. The Morgan fingerprint density at radius 1 is 0.889 bits per heavy atom. The summed E-state index contributed by atoms with van der Waals surface area (Å²) in [6, 6.07) is 26.3. The SMILES string of the molecule is CCOC(=O)c1c(-c2ccccc2)c(Cc2ccccc2)n2ccccc12. The van der Waals surface area contributed by atoms with Gasteiger partial charge in [0, 0.05) is 23.9 Å². The predicted molar refractivity (Wildman–Crippen MR) is 108 cm³/mol. The monoisotopic (exact) mass is 355 g/mol. The Morgan fingerprint density at radius 2 is 1.56 bits per heavy atom. The summed E-state index contributed by atoms with van der Waals surface area (Å²) in [6.07, 6.45) is 2.75. The average molecular weight is 355 g/mol. The van der Waals surface area contributed by atoms with E-state index in [-0.39, 0.29) is 5.97 Å². The molecular weight excluding hydrogens is 334 g/mol. The van der Waals surface area contributed by atoms with Crippen LogP contribution < -0.4 is 0 Å². The fourth-order valence-electron chi connectivity index (χ4n) is 3.56. The molecule has 0 saturated heterocycles. The molecule has 3 heteroatoms.